The summed E-state index contributed by atoms with van der Waals surface area (Å²) in [5.41, 5.74) is 7.47. The molecule has 1 aliphatic heterocycles. The molecule has 1 aromatic rings. The normalized spacial score (nSPS) is 30.5. The summed E-state index contributed by atoms with van der Waals surface area (Å²) in [6.07, 6.45) is 2.29. The van der Waals surface area contributed by atoms with E-state index >= 15 is 0 Å². The van der Waals surface area contributed by atoms with E-state index in [1.807, 2.05) is 12.1 Å². The van der Waals surface area contributed by atoms with Gasteiger partial charge in [0.2, 0.25) is 0 Å². The molecule has 0 amide bonds. The van der Waals surface area contributed by atoms with Gasteiger partial charge in [-0.25, -0.2) is 0 Å². The molecule has 3 rings (SSSR count). The van der Waals surface area contributed by atoms with Gasteiger partial charge in [-0.05, 0) is 17.5 Å². The zero-order chi connectivity index (χ0) is 11.9. The van der Waals surface area contributed by atoms with Crippen molar-refractivity contribution in [2.75, 3.05) is 19.8 Å². The van der Waals surface area contributed by atoms with Crippen molar-refractivity contribution in [3.8, 4) is 0 Å². The minimum absolute atomic E-state index is 0.258. The van der Waals surface area contributed by atoms with Crippen LogP contribution in [0.5, 0.6) is 0 Å². The summed E-state index contributed by atoms with van der Waals surface area (Å²) in [6.45, 7) is 1.81. The summed E-state index contributed by atoms with van der Waals surface area (Å²) in [6, 6.07) is 8.27. The van der Waals surface area contributed by atoms with Gasteiger partial charge in [0.1, 0.15) is 0 Å². The van der Waals surface area contributed by atoms with Crippen LogP contribution in [0.4, 0.5) is 0 Å². The molecular weight excluding hydrogens is 214 g/mol. The van der Waals surface area contributed by atoms with Crippen molar-refractivity contribution in [3.63, 3.8) is 0 Å². The highest BCUT2D eigenvalue weighted by molar-refractivity contribution is 5.37. The van der Waals surface area contributed by atoms with Crippen molar-refractivity contribution in [3.05, 3.63) is 35.4 Å². The Kier molecular flexibility index (Phi) is 2.51. The highest BCUT2D eigenvalue weighted by Gasteiger charge is 2.54. The summed E-state index contributed by atoms with van der Waals surface area (Å²) in [5, 5.41) is 11.0. The molecule has 3 nitrogen and oxygen atoms in total. The van der Waals surface area contributed by atoms with Crippen LogP contribution in [0.25, 0.3) is 0 Å². The lowest BCUT2D eigenvalue weighted by Gasteiger charge is -2.40. The van der Waals surface area contributed by atoms with Crippen LogP contribution in [0.2, 0.25) is 0 Å². The molecule has 0 spiro atoms. The molecule has 0 radical (unpaired) electrons. The van der Waals surface area contributed by atoms with Gasteiger partial charge in [0, 0.05) is 31.4 Å². The average Bonchev–Trinajstić information content (AvgIpc) is 2.93. The largest absolute Gasteiger partial charge is 0.388 e. The number of aliphatic hydroxyl groups is 1. The van der Waals surface area contributed by atoms with Crippen LogP contribution in [0.3, 0.4) is 0 Å². The van der Waals surface area contributed by atoms with Gasteiger partial charge in [-0.15, -0.1) is 0 Å². The number of ether oxygens (including phenoxy) is 1. The number of fused-ring (bicyclic) bond motifs is 1. The van der Waals surface area contributed by atoms with E-state index < -0.39 is 5.60 Å². The number of hydrogen-bond donors (Lipinski definition) is 2. The Bertz CT molecular complexity index is 399. The zero-order valence-electron chi connectivity index (χ0n) is 9.98. The van der Waals surface area contributed by atoms with E-state index in [0.717, 1.165) is 13.0 Å². The van der Waals surface area contributed by atoms with E-state index in [9.17, 15) is 5.11 Å². The Morgan fingerprint density at radius 3 is 2.35 bits per heavy atom. The molecule has 1 aromatic carbocycles. The third-order valence-corrected chi connectivity index (χ3v) is 4.57. The Labute approximate surface area is 102 Å². The molecule has 3 heteroatoms. The van der Waals surface area contributed by atoms with Gasteiger partial charge in [-0.2, -0.15) is 0 Å². The van der Waals surface area contributed by atoms with Crippen molar-refractivity contribution >= 4 is 0 Å². The average molecular weight is 233 g/mol. The first-order valence-corrected chi connectivity index (χ1v) is 6.26. The second kappa shape index (κ2) is 3.80. The molecule has 1 saturated heterocycles. The third-order valence-electron chi connectivity index (χ3n) is 4.57. The van der Waals surface area contributed by atoms with Crippen molar-refractivity contribution in [2.45, 2.75) is 24.9 Å². The van der Waals surface area contributed by atoms with Gasteiger partial charge in [-0.3, -0.25) is 0 Å². The number of hydrogen-bond acceptors (Lipinski definition) is 3. The maximum Gasteiger partial charge on any atom is 0.0819 e. The lowest BCUT2D eigenvalue weighted by molar-refractivity contribution is -0.0750. The summed E-state index contributed by atoms with van der Waals surface area (Å²) < 4.78 is 5.49. The number of benzene rings is 1. The van der Waals surface area contributed by atoms with Gasteiger partial charge in [-0.1, -0.05) is 24.3 Å². The molecule has 0 saturated carbocycles. The molecule has 92 valence electrons. The fourth-order valence-corrected chi connectivity index (χ4v) is 3.30. The minimum Gasteiger partial charge on any atom is -0.388 e. The SMILES string of the molecule is NCC1(C2(O)Cc3ccccc3C2)CCOC1. The van der Waals surface area contributed by atoms with E-state index in [1.165, 1.54) is 11.1 Å². The van der Waals surface area contributed by atoms with Gasteiger partial charge in [0.25, 0.3) is 0 Å². The van der Waals surface area contributed by atoms with Crippen molar-refractivity contribution in [1.29, 1.82) is 0 Å². The fraction of sp³-hybridized carbons (Fsp3) is 0.571. The maximum atomic E-state index is 11.0. The van der Waals surface area contributed by atoms with E-state index in [0.29, 0.717) is 26.0 Å². The summed E-state index contributed by atoms with van der Waals surface area (Å²) in [4.78, 5) is 0. The number of nitrogens with two attached hydrogens (primary N) is 1. The van der Waals surface area contributed by atoms with Crippen LogP contribution in [0.15, 0.2) is 24.3 Å². The van der Waals surface area contributed by atoms with Gasteiger partial charge < -0.3 is 15.6 Å². The molecule has 0 aromatic heterocycles. The van der Waals surface area contributed by atoms with Crippen LogP contribution >= 0.6 is 0 Å². The van der Waals surface area contributed by atoms with Gasteiger partial charge in [0.05, 0.1) is 12.2 Å². The zero-order valence-corrected chi connectivity index (χ0v) is 9.98. The summed E-state index contributed by atoms with van der Waals surface area (Å²) in [5.74, 6) is 0. The van der Waals surface area contributed by atoms with E-state index in [4.69, 9.17) is 10.5 Å². The van der Waals surface area contributed by atoms with Gasteiger partial charge in [0.15, 0.2) is 0 Å². The quantitative estimate of drug-likeness (QED) is 0.797. The van der Waals surface area contributed by atoms with Crippen molar-refractivity contribution < 1.29 is 9.84 Å². The lowest BCUT2D eigenvalue weighted by atomic mass is 9.69. The van der Waals surface area contributed by atoms with Crippen LogP contribution in [-0.2, 0) is 17.6 Å². The second-order valence-corrected chi connectivity index (χ2v) is 5.44. The Hall–Kier alpha value is -0.900. The third kappa shape index (κ3) is 1.53. The molecule has 0 bridgehead atoms. The first-order chi connectivity index (χ1) is 8.19. The van der Waals surface area contributed by atoms with Gasteiger partial charge >= 0.3 is 0 Å². The topological polar surface area (TPSA) is 55.5 Å². The molecule has 1 unspecified atom stereocenters. The fourth-order valence-electron chi connectivity index (χ4n) is 3.30. The molecule has 2 aliphatic rings. The van der Waals surface area contributed by atoms with E-state index in [-0.39, 0.29) is 5.41 Å². The van der Waals surface area contributed by atoms with E-state index in [2.05, 4.69) is 12.1 Å². The van der Waals surface area contributed by atoms with Crippen LogP contribution in [0.1, 0.15) is 17.5 Å². The summed E-state index contributed by atoms with van der Waals surface area (Å²) in [7, 11) is 0. The monoisotopic (exact) mass is 233 g/mol. The minimum atomic E-state index is -0.720. The van der Waals surface area contributed by atoms with Crippen LogP contribution in [-0.4, -0.2) is 30.5 Å². The maximum absolute atomic E-state index is 11.0. The smallest absolute Gasteiger partial charge is 0.0819 e. The van der Waals surface area contributed by atoms with Crippen molar-refractivity contribution in [1.82, 2.24) is 0 Å². The highest BCUT2D eigenvalue weighted by Crippen LogP contribution is 2.46. The van der Waals surface area contributed by atoms with E-state index in [1.54, 1.807) is 0 Å². The molecule has 17 heavy (non-hydrogen) atoms. The molecule has 1 heterocycles. The van der Waals surface area contributed by atoms with Crippen LogP contribution < -0.4 is 5.73 Å². The van der Waals surface area contributed by atoms with Crippen molar-refractivity contribution in [2.24, 2.45) is 11.1 Å². The highest BCUT2D eigenvalue weighted by atomic mass is 16.5. The first-order valence-electron chi connectivity index (χ1n) is 6.26. The Morgan fingerprint density at radius 1 is 1.24 bits per heavy atom. The standard InChI is InChI=1S/C14H19NO2/c15-9-13(5-6-17-10-13)14(16)7-11-3-1-2-4-12(11)8-14/h1-4,16H,5-10,15H2. The Balaban J connectivity index is 1.95. The predicted octanol–water partition coefficient (Wildman–Crippen LogP) is 0.882. The predicted molar refractivity (Wildman–Crippen MR) is 65.7 cm³/mol. The summed E-state index contributed by atoms with van der Waals surface area (Å²) >= 11 is 0. The Morgan fingerprint density at radius 2 is 1.88 bits per heavy atom. The number of rotatable bonds is 2. The lowest BCUT2D eigenvalue weighted by Crippen LogP contribution is -2.54. The van der Waals surface area contributed by atoms with Crippen LogP contribution in [0, 0.1) is 5.41 Å². The molecule has 1 fully saturated rings. The molecule has 3 N–H and O–H groups in total. The second-order valence-electron chi connectivity index (χ2n) is 5.44. The molecular formula is C14H19NO2. The molecule has 1 aliphatic carbocycles. The molecule has 1 atom stereocenters. The first kappa shape index (κ1) is 11.2.